The first-order chi connectivity index (χ1) is 13.1. The number of nitrogens with zero attached hydrogens (tertiary/aromatic N) is 3. The van der Waals surface area contributed by atoms with Crippen LogP contribution in [0.1, 0.15) is 35.9 Å². The van der Waals surface area contributed by atoms with Gasteiger partial charge >= 0.3 is 0 Å². The van der Waals surface area contributed by atoms with Gasteiger partial charge in [-0.2, -0.15) is 0 Å². The second-order valence-electron chi connectivity index (χ2n) is 7.32. The third-order valence-electron chi connectivity index (χ3n) is 5.11. The molecule has 3 heterocycles. The van der Waals surface area contributed by atoms with Crippen molar-refractivity contribution in [1.29, 1.82) is 0 Å². The van der Waals surface area contributed by atoms with E-state index in [0.29, 0.717) is 16.4 Å². The molecule has 6 nitrogen and oxygen atoms in total. The Labute approximate surface area is 161 Å². The van der Waals surface area contributed by atoms with Gasteiger partial charge in [-0.1, -0.05) is 30.4 Å². The summed E-state index contributed by atoms with van der Waals surface area (Å²) in [7, 11) is 0. The Morgan fingerprint density at radius 1 is 1.37 bits per heavy atom. The Balaban J connectivity index is 1.40. The fourth-order valence-electron chi connectivity index (χ4n) is 3.78. The van der Waals surface area contributed by atoms with Crippen molar-refractivity contribution in [2.75, 3.05) is 26.2 Å². The highest BCUT2D eigenvalue weighted by molar-refractivity contribution is 7.18. The molecule has 0 radical (unpaired) electrons. The van der Waals surface area contributed by atoms with Gasteiger partial charge in [0.15, 0.2) is 4.96 Å². The summed E-state index contributed by atoms with van der Waals surface area (Å²) in [6, 6.07) is 8.92. The SMILES string of the molecule is C[C@@H]1CCCN(CCCNC(=O)c2cc(=O)n3c(nc4ccccc43)s2)C1. The van der Waals surface area contributed by atoms with Gasteiger partial charge in [0.1, 0.15) is 4.88 Å². The fraction of sp³-hybridized carbons (Fsp3) is 0.450. The summed E-state index contributed by atoms with van der Waals surface area (Å²) >= 11 is 1.25. The zero-order chi connectivity index (χ0) is 18.8. The van der Waals surface area contributed by atoms with Crippen molar-refractivity contribution < 1.29 is 4.79 Å². The predicted octanol–water partition coefficient (Wildman–Crippen LogP) is 2.76. The number of likely N-dealkylation sites (tertiary alicyclic amines) is 1. The molecular weight excluding hydrogens is 360 g/mol. The first-order valence-electron chi connectivity index (χ1n) is 9.54. The standard InChI is InChI=1S/C20H24N4O2S/c1-14-6-4-10-23(13-14)11-5-9-21-19(26)17-12-18(25)24-16-8-3-2-7-15(16)22-20(24)27-17/h2-3,7-8,12,14H,4-6,9-11,13H2,1H3,(H,21,26)/t14-/m1/s1. The van der Waals surface area contributed by atoms with Crippen molar-refractivity contribution >= 4 is 33.2 Å². The summed E-state index contributed by atoms with van der Waals surface area (Å²) in [5.41, 5.74) is 1.32. The largest absolute Gasteiger partial charge is 0.351 e. The molecule has 1 amide bonds. The first kappa shape index (κ1) is 18.1. The smallest absolute Gasteiger partial charge is 0.261 e. The van der Waals surface area contributed by atoms with E-state index in [9.17, 15) is 9.59 Å². The minimum absolute atomic E-state index is 0.196. The molecular formula is C20H24N4O2S. The highest BCUT2D eigenvalue weighted by Gasteiger charge is 2.16. The Bertz CT molecular complexity index is 1030. The molecule has 1 aromatic carbocycles. The van der Waals surface area contributed by atoms with E-state index in [4.69, 9.17) is 0 Å². The van der Waals surface area contributed by atoms with Crippen molar-refractivity contribution in [1.82, 2.24) is 19.6 Å². The number of imidazole rings is 1. The van der Waals surface area contributed by atoms with Crippen LogP contribution in [0.5, 0.6) is 0 Å². The fourth-order valence-corrected chi connectivity index (χ4v) is 4.73. The maximum absolute atomic E-state index is 12.5. The molecule has 1 atom stereocenters. The molecule has 0 spiro atoms. The Kier molecular flexibility index (Phi) is 5.22. The molecule has 0 bridgehead atoms. The molecule has 7 heteroatoms. The van der Waals surface area contributed by atoms with E-state index in [1.54, 1.807) is 4.40 Å². The lowest BCUT2D eigenvalue weighted by Crippen LogP contribution is -2.36. The molecule has 4 rings (SSSR count). The normalized spacial score (nSPS) is 18.2. The molecule has 27 heavy (non-hydrogen) atoms. The zero-order valence-corrected chi connectivity index (χ0v) is 16.3. The van der Waals surface area contributed by atoms with E-state index >= 15 is 0 Å². The van der Waals surface area contributed by atoms with Crippen LogP contribution in [0.2, 0.25) is 0 Å². The van der Waals surface area contributed by atoms with E-state index in [0.717, 1.165) is 43.0 Å². The maximum atomic E-state index is 12.5. The topological polar surface area (TPSA) is 66.7 Å². The molecule has 0 aliphatic carbocycles. The number of amides is 1. The lowest BCUT2D eigenvalue weighted by Gasteiger charge is -2.30. The molecule has 142 valence electrons. The van der Waals surface area contributed by atoms with Crippen LogP contribution in [0, 0.1) is 5.92 Å². The van der Waals surface area contributed by atoms with E-state index < -0.39 is 0 Å². The Morgan fingerprint density at radius 3 is 3.07 bits per heavy atom. The number of hydrogen-bond acceptors (Lipinski definition) is 5. The van der Waals surface area contributed by atoms with Crippen LogP contribution in [0.25, 0.3) is 16.0 Å². The van der Waals surface area contributed by atoms with Gasteiger partial charge in [-0.3, -0.25) is 14.0 Å². The lowest BCUT2D eigenvalue weighted by atomic mass is 10.0. The van der Waals surface area contributed by atoms with Crippen molar-refractivity contribution in [2.45, 2.75) is 26.2 Å². The number of fused-ring (bicyclic) bond motifs is 3. The van der Waals surface area contributed by atoms with Gasteiger partial charge in [-0.05, 0) is 50.4 Å². The average molecular weight is 385 g/mol. The molecule has 1 aliphatic rings. The van der Waals surface area contributed by atoms with Gasteiger partial charge in [-0.15, -0.1) is 0 Å². The molecule has 1 N–H and O–H groups in total. The number of aromatic nitrogens is 2. The number of hydrogen-bond donors (Lipinski definition) is 1. The van der Waals surface area contributed by atoms with Crippen molar-refractivity contribution in [3.8, 4) is 0 Å². The Morgan fingerprint density at radius 2 is 2.22 bits per heavy atom. The van der Waals surface area contributed by atoms with Crippen LogP contribution < -0.4 is 10.9 Å². The van der Waals surface area contributed by atoms with Gasteiger partial charge in [0.2, 0.25) is 0 Å². The van der Waals surface area contributed by atoms with Gasteiger partial charge in [0, 0.05) is 19.2 Å². The van der Waals surface area contributed by atoms with Crippen LogP contribution in [0.4, 0.5) is 0 Å². The maximum Gasteiger partial charge on any atom is 0.261 e. The highest BCUT2D eigenvalue weighted by atomic mass is 32.1. The van der Waals surface area contributed by atoms with Crippen LogP contribution in [-0.2, 0) is 0 Å². The summed E-state index contributed by atoms with van der Waals surface area (Å²) in [6.07, 6.45) is 3.50. The van der Waals surface area contributed by atoms with Crippen LogP contribution in [0.3, 0.4) is 0 Å². The van der Waals surface area contributed by atoms with Crippen LogP contribution in [-0.4, -0.2) is 46.4 Å². The molecule has 0 saturated carbocycles. The molecule has 0 unspecified atom stereocenters. The number of para-hydroxylation sites is 2. The third kappa shape index (κ3) is 3.89. The lowest BCUT2D eigenvalue weighted by molar-refractivity contribution is 0.0954. The molecule has 2 aromatic heterocycles. The number of rotatable bonds is 5. The number of carbonyl (C=O) groups is 1. The second-order valence-corrected chi connectivity index (χ2v) is 8.33. The van der Waals surface area contributed by atoms with Crippen molar-refractivity contribution in [2.24, 2.45) is 5.92 Å². The quantitative estimate of drug-likeness (QED) is 0.687. The number of nitrogens with one attached hydrogen (secondary N) is 1. The average Bonchev–Trinajstić information content (AvgIpc) is 3.04. The van der Waals surface area contributed by atoms with Gasteiger partial charge in [0.25, 0.3) is 11.5 Å². The first-order valence-corrected chi connectivity index (χ1v) is 10.4. The minimum atomic E-state index is -0.218. The monoisotopic (exact) mass is 384 g/mol. The summed E-state index contributed by atoms with van der Waals surface area (Å²) in [6.45, 7) is 6.23. The second kappa shape index (κ2) is 7.78. The number of benzene rings is 1. The molecule has 1 aliphatic heterocycles. The minimum Gasteiger partial charge on any atom is -0.351 e. The summed E-state index contributed by atoms with van der Waals surface area (Å²) in [5, 5.41) is 2.94. The van der Waals surface area contributed by atoms with Gasteiger partial charge in [0.05, 0.1) is 11.0 Å². The van der Waals surface area contributed by atoms with E-state index in [1.165, 1.54) is 30.2 Å². The molecule has 3 aromatic rings. The third-order valence-corrected chi connectivity index (χ3v) is 6.09. The summed E-state index contributed by atoms with van der Waals surface area (Å²) in [4.78, 5) is 32.9. The molecule has 1 fully saturated rings. The summed E-state index contributed by atoms with van der Waals surface area (Å²) < 4.78 is 1.56. The zero-order valence-electron chi connectivity index (χ0n) is 15.5. The highest BCUT2D eigenvalue weighted by Crippen LogP contribution is 2.19. The van der Waals surface area contributed by atoms with Gasteiger partial charge in [-0.25, -0.2) is 4.98 Å². The Hall–Kier alpha value is -2.25. The van der Waals surface area contributed by atoms with E-state index in [2.05, 4.69) is 22.1 Å². The van der Waals surface area contributed by atoms with Crippen molar-refractivity contribution in [3.05, 3.63) is 45.6 Å². The van der Waals surface area contributed by atoms with E-state index in [1.807, 2.05) is 24.3 Å². The summed E-state index contributed by atoms with van der Waals surface area (Å²) in [5.74, 6) is 0.570. The van der Waals surface area contributed by atoms with E-state index in [-0.39, 0.29) is 11.5 Å². The van der Waals surface area contributed by atoms with Crippen molar-refractivity contribution in [3.63, 3.8) is 0 Å². The van der Waals surface area contributed by atoms with Gasteiger partial charge < -0.3 is 10.2 Å². The van der Waals surface area contributed by atoms with Crippen LogP contribution in [0.15, 0.2) is 35.1 Å². The molecule has 1 saturated heterocycles. The number of carbonyl (C=O) groups excluding carboxylic acids is 1. The van der Waals surface area contributed by atoms with Crippen LogP contribution >= 0.6 is 11.3 Å². The predicted molar refractivity (Wildman–Crippen MR) is 109 cm³/mol. The number of piperidine rings is 1.